The van der Waals surface area contributed by atoms with Crippen LogP contribution in [0.2, 0.25) is 0 Å². The number of rotatable bonds is 8. The Labute approximate surface area is 171 Å². The molecule has 0 radical (unpaired) electrons. The summed E-state index contributed by atoms with van der Waals surface area (Å²) in [5.41, 5.74) is 5.32. The number of aliphatic hydroxyl groups excluding tert-OH is 1. The molecule has 0 spiro atoms. The zero-order valence-electron chi connectivity index (χ0n) is 16.5. The first-order valence-electron chi connectivity index (χ1n) is 9.78. The molecule has 0 unspecified atom stereocenters. The second kappa shape index (κ2) is 9.80. The Morgan fingerprint density at radius 3 is 1.66 bits per heavy atom. The molecule has 0 aliphatic heterocycles. The quantitative estimate of drug-likeness (QED) is 0.461. The molecular weight excluding hydrogens is 364 g/mol. The number of phenols is 2. The molecule has 4 heteroatoms. The molecule has 0 bridgehead atoms. The Morgan fingerprint density at radius 1 is 0.724 bits per heavy atom. The van der Waals surface area contributed by atoms with Crippen molar-refractivity contribution < 1.29 is 20.1 Å². The normalized spacial score (nSPS) is 10.6. The molecule has 29 heavy (non-hydrogen) atoms. The monoisotopic (exact) mass is 390 g/mol. The molecule has 0 aromatic heterocycles. The van der Waals surface area contributed by atoms with E-state index < -0.39 is 0 Å². The van der Waals surface area contributed by atoms with Crippen molar-refractivity contribution >= 4 is 11.1 Å². The minimum atomic E-state index is -0.0193. The van der Waals surface area contributed by atoms with Crippen LogP contribution in [0.3, 0.4) is 0 Å². The predicted molar refractivity (Wildman–Crippen MR) is 116 cm³/mol. The van der Waals surface area contributed by atoms with Crippen LogP contribution in [0.5, 0.6) is 17.2 Å². The van der Waals surface area contributed by atoms with Crippen LogP contribution in [0, 0.1) is 0 Å². The summed E-state index contributed by atoms with van der Waals surface area (Å²) in [7, 11) is 0. The fraction of sp³-hybridized carbons (Fsp3) is 0.200. The maximum atomic E-state index is 9.72. The minimum absolute atomic E-state index is 0.0193. The Hall–Kier alpha value is -3.24. The van der Waals surface area contributed by atoms with Crippen molar-refractivity contribution in [1.82, 2.24) is 0 Å². The van der Waals surface area contributed by atoms with Crippen molar-refractivity contribution in [2.24, 2.45) is 0 Å². The predicted octanol–water partition coefficient (Wildman–Crippen LogP) is 5.23. The highest BCUT2D eigenvalue weighted by molar-refractivity contribution is 5.98. The molecule has 0 saturated carbocycles. The number of hydrogen-bond donors (Lipinski definition) is 3. The fourth-order valence-corrected chi connectivity index (χ4v) is 3.35. The average molecular weight is 390 g/mol. The van der Waals surface area contributed by atoms with Gasteiger partial charge in [-0.2, -0.15) is 0 Å². The topological polar surface area (TPSA) is 69.9 Å². The standard InChI is InChI=1S/C25H26O4/c1-2-3-24(18-8-14-23(15-9-18)29-17-16-26)25(19-4-10-21(27)11-5-19)20-6-12-22(28)13-7-20/h4-15,26-28H,2-3,16-17H2,1H3. The Kier molecular flexibility index (Phi) is 6.93. The SMILES string of the molecule is CCCC(=C(c1ccc(O)cc1)c1ccc(O)cc1)c1ccc(OCCO)cc1. The maximum Gasteiger partial charge on any atom is 0.119 e. The summed E-state index contributed by atoms with van der Waals surface area (Å²) in [6.07, 6.45) is 1.84. The van der Waals surface area contributed by atoms with E-state index >= 15 is 0 Å². The second-order valence-electron chi connectivity index (χ2n) is 6.79. The molecule has 150 valence electrons. The van der Waals surface area contributed by atoms with E-state index in [0.29, 0.717) is 0 Å². The number of phenolic OH excluding ortho intramolecular Hbond substituents is 2. The zero-order valence-corrected chi connectivity index (χ0v) is 16.5. The Bertz CT molecular complexity index is 892. The number of aliphatic hydroxyl groups is 1. The molecule has 0 aliphatic carbocycles. The third-order valence-electron chi connectivity index (χ3n) is 4.68. The molecule has 0 saturated heterocycles. The molecule has 0 amide bonds. The first kappa shape index (κ1) is 20.5. The van der Waals surface area contributed by atoms with Gasteiger partial charge in [0, 0.05) is 0 Å². The molecule has 3 aromatic carbocycles. The number of aromatic hydroxyl groups is 2. The molecule has 3 aromatic rings. The van der Waals surface area contributed by atoms with Crippen molar-refractivity contribution in [1.29, 1.82) is 0 Å². The summed E-state index contributed by atoms with van der Waals surface area (Å²) in [5, 5.41) is 28.4. The highest BCUT2D eigenvalue weighted by atomic mass is 16.5. The van der Waals surface area contributed by atoms with Gasteiger partial charge in [0.25, 0.3) is 0 Å². The van der Waals surface area contributed by atoms with Gasteiger partial charge in [0.1, 0.15) is 23.9 Å². The van der Waals surface area contributed by atoms with E-state index in [-0.39, 0.29) is 24.7 Å². The molecule has 0 atom stereocenters. The third kappa shape index (κ3) is 5.18. The van der Waals surface area contributed by atoms with Gasteiger partial charge in [-0.15, -0.1) is 0 Å². The van der Waals surface area contributed by atoms with E-state index in [1.807, 2.05) is 48.5 Å². The van der Waals surface area contributed by atoms with Gasteiger partial charge >= 0.3 is 0 Å². The van der Waals surface area contributed by atoms with Crippen LogP contribution in [0.1, 0.15) is 36.5 Å². The van der Waals surface area contributed by atoms with Crippen LogP contribution in [0.25, 0.3) is 11.1 Å². The second-order valence-corrected chi connectivity index (χ2v) is 6.79. The van der Waals surface area contributed by atoms with Gasteiger partial charge in [0.05, 0.1) is 6.61 Å². The van der Waals surface area contributed by atoms with Gasteiger partial charge in [0.2, 0.25) is 0 Å². The van der Waals surface area contributed by atoms with Gasteiger partial charge in [-0.1, -0.05) is 49.7 Å². The van der Waals surface area contributed by atoms with Crippen LogP contribution < -0.4 is 4.74 Å². The lowest BCUT2D eigenvalue weighted by Crippen LogP contribution is -2.01. The Morgan fingerprint density at radius 2 is 1.21 bits per heavy atom. The van der Waals surface area contributed by atoms with E-state index in [1.54, 1.807) is 24.3 Å². The fourth-order valence-electron chi connectivity index (χ4n) is 3.35. The van der Waals surface area contributed by atoms with E-state index in [4.69, 9.17) is 9.84 Å². The lowest BCUT2D eigenvalue weighted by atomic mass is 9.87. The first-order valence-corrected chi connectivity index (χ1v) is 9.78. The molecular formula is C25H26O4. The lowest BCUT2D eigenvalue weighted by Gasteiger charge is -2.18. The average Bonchev–Trinajstić information content (AvgIpc) is 2.75. The zero-order chi connectivity index (χ0) is 20.6. The summed E-state index contributed by atoms with van der Waals surface area (Å²) in [5.74, 6) is 1.16. The number of benzene rings is 3. The lowest BCUT2D eigenvalue weighted by molar-refractivity contribution is 0.201. The van der Waals surface area contributed by atoms with Gasteiger partial charge in [-0.05, 0) is 70.7 Å². The number of hydrogen-bond acceptors (Lipinski definition) is 4. The van der Waals surface area contributed by atoms with Crippen molar-refractivity contribution in [3.05, 3.63) is 89.5 Å². The van der Waals surface area contributed by atoms with Crippen molar-refractivity contribution in [3.8, 4) is 17.2 Å². The Balaban J connectivity index is 2.15. The summed E-state index contributed by atoms with van der Waals surface area (Å²) in [6, 6.07) is 22.2. The third-order valence-corrected chi connectivity index (χ3v) is 4.68. The molecule has 0 fully saturated rings. The van der Waals surface area contributed by atoms with Crippen molar-refractivity contribution in [2.75, 3.05) is 13.2 Å². The molecule has 3 rings (SSSR count). The highest BCUT2D eigenvalue weighted by Gasteiger charge is 2.14. The molecule has 4 nitrogen and oxygen atoms in total. The number of allylic oxidation sites excluding steroid dienone is 1. The molecule has 0 aliphatic rings. The summed E-state index contributed by atoms with van der Waals surface area (Å²) >= 11 is 0. The van der Waals surface area contributed by atoms with Gasteiger partial charge in [0.15, 0.2) is 0 Å². The van der Waals surface area contributed by atoms with E-state index in [1.165, 1.54) is 5.57 Å². The van der Waals surface area contributed by atoms with Gasteiger partial charge in [-0.25, -0.2) is 0 Å². The summed E-state index contributed by atoms with van der Waals surface area (Å²) in [6.45, 7) is 2.39. The van der Waals surface area contributed by atoms with E-state index in [2.05, 4.69) is 6.92 Å². The van der Waals surface area contributed by atoms with Crippen molar-refractivity contribution in [2.45, 2.75) is 19.8 Å². The minimum Gasteiger partial charge on any atom is -0.508 e. The van der Waals surface area contributed by atoms with Crippen LogP contribution in [-0.4, -0.2) is 28.5 Å². The van der Waals surface area contributed by atoms with Crippen LogP contribution in [-0.2, 0) is 0 Å². The van der Waals surface area contributed by atoms with Crippen molar-refractivity contribution in [3.63, 3.8) is 0 Å². The first-order chi connectivity index (χ1) is 14.1. The molecule has 0 heterocycles. The van der Waals surface area contributed by atoms with Gasteiger partial charge < -0.3 is 20.1 Å². The van der Waals surface area contributed by atoms with E-state index in [9.17, 15) is 10.2 Å². The van der Waals surface area contributed by atoms with Crippen LogP contribution >= 0.6 is 0 Å². The highest BCUT2D eigenvalue weighted by Crippen LogP contribution is 2.36. The summed E-state index contributed by atoms with van der Waals surface area (Å²) < 4.78 is 5.48. The maximum absolute atomic E-state index is 9.72. The summed E-state index contributed by atoms with van der Waals surface area (Å²) in [4.78, 5) is 0. The molecule has 3 N–H and O–H groups in total. The van der Waals surface area contributed by atoms with Crippen LogP contribution in [0.4, 0.5) is 0 Å². The van der Waals surface area contributed by atoms with E-state index in [0.717, 1.165) is 40.9 Å². The smallest absolute Gasteiger partial charge is 0.119 e. The number of ether oxygens (including phenoxy) is 1. The van der Waals surface area contributed by atoms with Gasteiger partial charge in [-0.3, -0.25) is 0 Å². The largest absolute Gasteiger partial charge is 0.508 e. The van der Waals surface area contributed by atoms with Crippen LogP contribution in [0.15, 0.2) is 72.8 Å².